The van der Waals surface area contributed by atoms with Crippen LogP contribution in [0.15, 0.2) is 18.5 Å². The summed E-state index contributed by atoms with van der Waals surface area (Å²) in [6.07, 6.45) is -2.18. The van der Waals surface area contributed by atoms with Crippen LogP contribution >= 0.6 is 0 Å². The lowest BCUT2D eigenvalue weighted by Crippen LogP contribution is -2.19. The Morgan fingerprint density at radius 2 is 1.95 bits per heavy atom. The van der Waals surface area contributed by atoms with Crippen LogP contribution in [-0.4, -0.2) is 36.0 Å². The van der Waals surface area contributed by atoms with Crippen molar-refractivity contribution >= 4 is 5.97 Å². The molecule has 0 aliphatic heterocycles. The summed E-state index contributed by atoms with van der Waals surface area (Å²) in [5.41, 5.74) is -2.59. The van der Waals surface area contributed by atoms with Crippen LogP contribution < -0.4 is 0 Å². The average molecular weight is 273 g/mol. The lowest BCUT2D eigenvalue weighted by Gasteiger charge is -2.09. The zero-order valence-corrected chi connectivity index (χ0v) is 9.16. The zero-order valence-electron chi connectivity index (χ0n) is 9.16. The van der Waals surface area contributed by atoms with E-state index >= 15 is 0 Å². The number of carboxylic acids is 1. The van der Waals surface area contributed by atoms with E-state index in [0.717, 1.165) is 0 Å². The van der Waals surface area contributed by atoms with E-state index in [2.05, 4.69) is 20.3 Å². The van der Waals surface area contributed by atoms with E-state index in [1.54, 1.807) is 0 Å². The van der Waals surface area contributed by atoms with Gasteiger partial charge in [0.1, 0.15) is 12.4 Å². The van der Waals surface area contributed by atoms with Crippen molar-refractivity contribution in [1.82, 2.24) is 25.0 Å². The van der Waals surface area contributed by atoms with Crippen molar-refractivity contribution in [2.45, 2.75) is 12.7 Å². The first-order valence-corrected chi connectivity index (χ1v) is 4.89. The second-order valence-corrected chi connectivity index (χ2v) is 3.41. The number of carboxylic acid groups (broad SMARTS) is 1. The quantitative estimate of drug-likeness (QED) is 0.890. The second-order valence-electron chi connectivity index (χ2n) is 3.41. The van der Waals surface area contributed by atoms with Crippen LogP contribution in [0.25, 0.3) is 0 Å². The van der Waals surface area contributed by atoms with Gasteiger partial charge in [-0.2, -0.15) is 13.2 Å². The van der Waals surface area contributed by atoms with Crippen LogP contribution in [-0.2, 0) is 12.7 Å². The van der Waals surface area contributed by atoms with E-state index in [9.17, 15) is 18.0 Å². The van der Waals surface area contributed by atoms with Crippen molar-refractivity contribution in [1.29, 1.82) is 0 Å². The first kappa shape index (κ1) is 12.9. The number of rotatable bonds is 3. The van der Waals surface area contributed by atoms with E-state index in [4.69, 9.17) is 5.11 Å². The molecule has 0 fully saturated rings. The largest absolute Gasteiger partial charge is 0.476 e. The molecule has 0 amide bonds. The number of hydrogen-bond acceptors (Lipinski definition) is 5. The van der Waals surface area contributed by atoms with Crippen molar-refractivity contribution in [3.63, 3.8) is 0 Å². The molecule has 2 rings (SSSR count). The van der Waals surface area contributed by atoms with Crippen molar-refractivity contribution in [2.75, 3.05) is 0 Å². The molecule has 0 saturated heterocycles. The van der Waals surface area contributed by atoms with Crippen LogP contribution in [0.5, 0.6) is 0 Å². The third kappa shape index (κ3) is 2.67. The molecular formula is C9H6F3N5O2. The van der Waals surface area contributed by atoms with Gasteiger partial charge >= 0.3 is 12.1 Å². The highest BCUT2D eigenvalue weighted by Gasteiger charge is 2.41. The summed E-state index contributed by atoms with van der Waals surface area (Å²) in [4.78, 5) is 18.2. The standard InChI is InChI=1S/C9H6F3N5O2/c10-9(11,12)7-6(8(18)19)15-16-17(7)4-5-13-2-1-3-14-5/h1-3H,4H2,(H,18,19). The summed E-state index contributed by atoms with van der Waals surface area (Å²) >= 11 is 0. The number of halogens is 3. The minimum Gasteiger partial charge on any atom is -0.476 e. The van der Waals surface area contributed by atoms with Gasteiger partial charge in [-0.15, -0.1) is 5.10 Å². The molecule has 100 valence electrons. The van der Waals surface area contributed by atoms with Crippen molar-refractivity contribution in [3.8, 4) is 0 Å². The maximum atomic E-state index is 12.8. The highest BCUT2D eigenvalue weighted by atomic mass is 19.4. The van der Waals surface area contributed by atoms with E-state index in [-0.39, 0.29) is 5.82 Å². The number of aromatic nitrogens is 5. The fourth-order valence-electron chi connectivity index (χ4n) is 1.39. The molecule has 0 bridgehead atoms. The Labute approximate surface area is 103 Å². The fraction of sp³-hybridized carbons (Fsp3) is 0.222. The van der Waals surface area contributed by atoms with Crippen molar-refractivity contribution in [3.05, 3.63) is 35.7 Å². The Bertz CT molecular complexity index is 596. The molecule has 0 spiro atoms. The molecular weight excluding hydrogens is 267 g/mol. The fourth-order valence-corrected chi connectivity index (χ4v) is 1.39. The molecule has 0 aromatic carbocycles. The van der Waals surface area contributed by atoms with Crippen LogP contribution in [0.2, 0.25) is 0 Å². The molecule has 0 radical (unpaired) electrons. The molecule has 2 aromatic heterocycles. The van der Waals surface area contributed by atoms with E-state index in [1.807, 2.05) is 0 Å². The molecule has 10 heteroatoms. The summed E-state index contributed by atoms with van der Waals surface area (Å²) in [7, 11) is 0. The van der Waals surface area contributed by atoms with Crippen molar-refractivity contribution in [2.24, 2.45) is 0 Å². The second kappa shape index (κ2) is 4.63. The summed E-state index contributed by atoms with van der Waals surface area (Å²) < 4.78 is 38.8. The third-order valence-corrected chi connectivity index (χ3v) is 2.12. The number of alkyl halides is 3. The normalized spacial score (nSPS) is 11.5. The summed E-state index contributed by atoms with van der Waals surface area (Å²) in [6, 6.07) is 1.50. The Hall–Kier alpha value is -2.52. The number of carbonyl (C=O) groups is 1. The molecule has 0 aliphatic carbocycles. The van der Waals surface area contributed by atoms with Gasteiger partial charge in [-0.1, -0.05) is 5.21 Å². The molecule has 7 nitrogen and oxygen atoms in total. The lowest BCUT2D eigenvalue weighted by atomic mass is 10.3. The highest BCUT2D eigenvalue weighted by Crippen LogP contribution is 2.31. The van der Waals surface area contributed by atoms with Gasteiger partial charge in [0.15, 0.2) is 5.69 Å². The maximum Gasteiger partial charge on any atom is 0.435 e. The monoisotopic (exact) mass is 273 g/mol. The Balaban J connectivity index is 2.44. The molecule has 0 unspecified atom stereocenters. The molecule has 0 atom stereocenters. The average Bonchev–Trinajstić information content (AvgIpc) is 2.74. The Kier molecular flexibility index (Phi) is 3.15. The van der Waals surface area contributed by atoms with Gasteiger partial charge in [0.25, 0.3) is 0 Å². The summed E-state index contributed by atoms with van der Waals surface area (Å²) in [6.45, 7) is -0.421. The van der Waals surface area contributed by atoms with E-state index in [1.165, 1.54) is 18.5 Å². The predicted octanol–water partition coefficient (Wildman–Crippen LogP) is 0.833. The molecule has 0 aliphatic rings. The Morgan fingerprint density at radius 1 is 1.32 bits per heavy atom. The molecule has 1 N–H and O–H groups in total. The van der Waals surface area contributed by atoms with E-state index in [0.29, 0.717) is 4.68 Å². The number of aromatic carboxylic acids is 1. The molecule has 0 saturated carbocycles. The van der Waals surface area contributed by atoms with Gasteiger partial charge < -0.3 is 5.11 Å². The van der Waals surface area contributed by atoms with Crippen molar-refractivity contribution < 1.29 is 23.1 Å². The van der Waals surface area contributed by atoms with Crippen LogP contribution in [0.3, 0.4) is 0 Å². The van der Waals surface area contributed by atoms with Gasteiger partial charge in [-0.05, 0) is 6.07 Å². The van der Waals surface area contributed by atoms with Crippen LogP contribution in [0, 0.1) is 0 Å². The van der Waals surface area contributed by atoms with Crippen LogP contribution in [0.4, 0.5) is 13.2 Å². The zero-order chi connectivity index (χ0) is 14.0. The SMILES string of the molecule is O=C(O)c1nnn(Cc2ncccn2)c1C(F)(F)F. The first-order valence-electron chi connectivity index (χ1n) is 4.89. The summed E-state index contributed by atoms with van der Waals surface area (Å²) in [5.74, 6) is -1.73. The smallest absolute Gasteiger partial charge is 0.435 e. The molecule has 2 heterocycles. The Morgan fingerprint density at radius 3 is 2.47 bits per heavy atom. The van der Waals surface area contributed by atoms with Crippen LogP contribution in [0.1, 0.15) is 22.0 Å². The number of nitrogens with zero attached hydrogens (tertiary/aromatic N) is 5. The summed E-state index contributed by atoms with van der Waals surface area (Å²) in [5, 5.41) is 14.9. The maximum absolute atomic E-state index is 12.8. The van der Waals surface area contributed by atoms with Gasteiger partial charge in [0.2, 0.25) is 5.69 Å². The lowest BCUT2D eigenvalue weighted by molar-refractivity contribution is -0.144. The predicted molar refractivity (Wildman–Crippen MR) is 53.1 cm³/mol. The third-order valence-electron chi connectivity index (χ3n) is 2.12. The number of hydrogen-bond donors (Lipinski definition) is 1. The van der Waals surface area contributed by atoms with Gasteiger partial charge in [-0.25, -0.2) is 19.4 Å². The van der Waals surface area contributed by atoms with Gasteiger partial charge in [-0.3, -0.25) is 0 Å². The van der Waals surface area contributed by atoms with Gasteiger partial charge in [0.05, 0.1) is 0 Å². The molecule has 19 heavy (non-hydrogen) atoms. The topological polar surface area (TPSA) is 93.8 Å². The highest BCUT2D eigenvalue weighted by molar-refractivity contribution is 5.86. The first-order chi connectivity index (χ1) is 8.89. The van der Waals surface area contributed by atoms with Gasteiger partial charge in [0, 0.05) is 12.4 Å². The minimum atomic E-state index is -4.88. The minimum absolute atomic E-state index is 0.0647. The molecule has 2 aromatic rings. The van der Waals surface area contributed by atoms with E-state index < -0.39 is 30.1 Å².